The molecule has 8 nitrogen and oxygen atoms in total. The molecule has 1 aromatic carbocycles. The lowest BCUT2D eigenvalue weighted by atomic mass is 10.2. The molecule has 4 amide bonds. The molecule has 0 bridgehead atoms. The molecule has 2 aromatic rings. The number of imidazole rings is 1. The summed E-state index contributed by atoms with van der Waals surface area (Å²) in [6.07, 6.45) is 6.19. The third kappa shape index (κ3) is 4.03. The second-order valence-corrected chi connectivity index (χ2v) is 5.47. The van der Waals surface area contributed by atoms with Crippen molar-refractivity contribution in [2.24, 2.45) is 0 Å². The molecule has 0 radical (unpaired) electrons. The van der Waals surface area contributed by atoms with Gasteiger partial charge in [-0.25, -0.2) is 14.6 Å². The van der Waals surface area contributed by atoms with Crippen molar-refractivity contribution in [2.75, 3.05) is 29.9 Å². The van der Waals surface area contributed by atoms with Crippen LogP contribution in [0.5, 0.6) is 0 Å². The van der Waals surface area contributed by atoms with Gasteiger partial charge in [0, 0.05) is 49.9 Å². The lowest BCUT2D eigenvalue weighted by Gasteiger charge is -2.15. The second kappa shape index (κ2) is 7.49. The minimum Gasteiger partial charge on any atom is -0.338 e. The first-order chi connectivity index (χ1) is 11.7. The van der Waals surface area contributed by atoms with Gasteiger partial charge < -0.3 is 20.5 Å². The summed E-state index contributed by atoms with van der Waals surface area (Å²) in [5.74, 6) is 0. The van der Waals surface area contributed by atoms with Gasteiger partial charge in [0.05, 0.1) is 6.33 Å². The minimum absolute atomic E-state index is 0.115. The van der Waals surface area contributed by atoms with Crippen molar-refractivity contribution >= 4 is 23.4 Å². The Kier molecular flexibility index (Phi) is 4.95. The predicted octanol–water partition coefficient (Wildman–Crippen LogP) is 1.62. The molecule has 2 heterocycles. The number of anilines is 2. The summed E-state index contributed by atoms with van der Waals surface area (Å²) in [6, 6.07) is 6.87. The normalized spacial score (nSPS) is 13.7. The van der Waals surface area contributed by atoms with Crippen LogP contribution >= 0.6 is 0 Å². The van der Waals surface area contributed by atoms with Gasteiger partial charge in [-0.2, -0.15) is 0 Å². The van der Waals surface area contributed by atoms with Crippen LogP contribution in [0.4, 0.5) is 21.0 Å². The van der Waals surface area contributed by atoms with Gasteiger partial charge in [-0.05, 0) is 24.6 Å². The van der Waals surface area contributed by atoms with Crippen molar-refractivity contribution in [3.63, 3.8) is 0 Å². The van der Waals surface area contributed by atoms with Crippen LogP contribution in [0.1, 0.15) is 6.42 Å². The van der Waals surface area contributed by atoms with Crippen LogP contribution in [-0.2, 0) is 6.54 Å². The van der Waals surface area contributed by atoms with Gasteiger partial charge in [0.1, 0.15) is 0 Å². The molecule has 0 saturated carbocycles. The van der Waals surface area contributed by atoms with E-state index < -0.39 is 0 Å². The number of nitrogens with one attached hydrogen (secondary N) is 3. The quantitative estimate of drug-likeness (QED) is 0.704. The lowest BCUT2D eigenvalue weighted by molar-refractivity contribution is 0.251. The van der Waals surface area contributed by atoms with E-state index in [-0.39, 0.29) is 12.1 Å². The molecule has 1 saturated heterocycles. The Hall–Kier alpha value is -3.03. The fourth-order valence-corrected chi connectivity index (χ4v) is 2.53. The highest BCUT2D eigenvalue weighted by molar-refractivity contribution is 5.95. The van der Waals surface area contributed by atoms with Gasteiger partial charge in [-0.15, -0.1) is 0 Å². The van der Waals surface area contributed by atoms with Crippen LogP contribution < -0.4 is 20.9 Å². The van der Waals surface area contributed by atoms with Crippen LogP contribution in [0.2, 0.25) is 0 Å². The van der Waals surface area contributed by atoms with Crippen molar-refractivity contribution in [2.45, 2.75) is 13.0 Å². The molecule has 24 heavy (non-hydrogen) atoms. The van der Waals surface area contributed by atoms with Crippen molar-refractivity contribution in [3.05, 3.63) is 43.0 Å². The summed E-state index contributed by atoms with van der Waals surface area (Å²) in [7, 11) is 0. The van der Waals surface area contributed by atoms with Gasteiger partial charge in [0.15, 0.2) is 0 Å². The topological polar surface area (TPSA) is 91.3 Å². The number of nitrogens with zero attached hydrogens (tertiary/aromatic N) is 3. The van der Waals surface area contributed by atoms with Crippen LogP contribution in [0, 0.1) is 0 Å². The Labute approximate surface area is 139 Å². The third-order valence-electron chi connectivity index (χ3n) is 3.71. The van der Waals surface area contributed by atoms with Crippen molar-refractivity contribution < 1.29 is 9.59 Å². The molecule has 1 aromatic heterocycles. The molecule has 0 aliphatic carbocycles. The first kappa shape index (κ1) is 15.9. The molecule has 3 N–H and O–H groups in total. The second-order valence-electron chi connectivity index (χ2n) is 5.47. The summed E-state index contributed by atoms with van der Waals surface area (Å²) in [5.41, 5.74) is 1.42. The number of hydrogen-bond donors (Lipinski definition) is 3. The molecule has 0 spiro atoms. The number of aromatic nitrogens is 2. The smallest absolute Gasteiger partial charge is 0.321 e. The lowest BCUT2D eigenvalue weighted by Crippen LogP contribution is -2.30. The van der Waals surface area contributed by atoms with Gasteiger partial charge in [-0.1, -0.05) is 6.07 Å². The van der Waals surface area contributed by atoms with Crippen LogP contribution in [-0.4, -0.2) is 41.2 Å². The monoisotopic (exact) mass is 328 g/mol. The maximum absolute atomic E-state index is 11.9. The highest BCUT2D eigenvalue weighted by Gasteiger charge is 2.21. The summed E-state index contributed by atoms with van der Waals surface area (Å²) in [4.78, 5) is 29.2. The van der Waals surface area contributed by atoms with Gasteiger partial charge in [0.2, 0.25) is 0 Å². The van der Waals surface area contributed by atoms with Gasteiger partial charge >= 0.3 is 12.1 Å². The number of aryl methyl sites for hydroxylation is 1. The van der Waals surface area contributed by atoms with Crippen LogP contribution in [0.3, 0.4) is 0 Å². The molecular formula is C16H20N6O2. The number of carbonyl (C=O) groups is 2. The standard InChI is InChI=1S/C16H20N6O2/c23-15(18-5-2-8-21-9-6-17-12-21)20-13-3-1-4-14(11-13)22-10-7-19-16(22)24/h1,3-4,6,9,11-12H,2,5,7-8,10H2,(H,19,24)(H2,18,20,23). The summed E-state index contributed by atoms with van der Waals surface area (Å²) < 4.78 is 1.96. The van der Waals surface area contributed by atoms with E-state index in [0.29, 0.717) is 25.3 Å². The molecule has 1 aliphatic rings. The molecule has 3 rings (SSSR count). The first-order valence-corrected chi connectivity index (χ1v) is 7.88. The zero-order valence-electron chi connectivity index (χ0n) is 13.2. The predicted molar refractivity (Wildman–Crippen MR) is 91.1 cm³/mol. The highest BCUT2D eigenvalue weighted by atomic mass is 16.2. The summed E-state index contributed by atoms with van der Waals surface area (Å²) in [5, 5.41) is 8.36. The van der Waals surface area contributed by atoms with E-state index in [1.165, 1.54) is 0 Å². The number of carbonyl (C=O) groups excluding carboxylic acids is 2. The molecular weight excluding hydrogens is 308 g/mol. The Bertz CT molecular complexity index is 700. The van der Waals surface area contributed by atoms with E-state index in [1.54, 1.807) is 29.6 Å². The van der Waals surface area contributed by atoms with Crippen molar-refractivity contribution in [1.29, 1.82) is 0 Å². The first-order valence-electron chi connectivity index (χ1n) is 7.88. The molecule has 1 aliphatic heterocycles. The Morgan fingerprint density at radius 2 is 2.29 bits per heavy atom. The zero-order chi connectivity index (χ0) is 16.8. The van der Waals surface area contributed by atoms with Crippen LogP contribution in [0.25, 0.3) is 0 Å². The molecule has 1 fully saturated rings. The maximum atomic E-state index is 11.9. The number of urea groups is 2. The Balaban J connectivity index is 1.46. The Morgan fingerprint density at radius 3 is 3.04 bits per heavy atom. The highest BCUT2D eigenvalue weighted by Crippen LogP contribution is 2.20. The van der Waals surface area contributed by atoms with E-state index in [2.05, 4.69) is 20.9 Å². The summed E-state index contributed by atoms with van der Waals surface area (Å²) in [6.45, 7) is 2.63. The molecule has 8 heteroatoms. The fourth-order valence-electron chi connectivity index (χ4n) is 2.53. The van der Waals surface area contributed by atoms with Crippen LogP contribution in [0.15, 0.2) is 43.0 Å². The third-order valence-corrected chi connectivity index (χ3v) is 3.71. The van der Waals surface area contributed by atoms with Crippen molar-refractivity contribution in [1.82, 2.24) is 20.2 Å². The average Bonchev–Trinajstić information content (AvgIpc) is 3.23. The molecule has 126 valence electrons. The fraction of sp³-hybridized carbons (Fsp3) is 0.312. The maximum Gasteiger partial charge on any atom is 0.321 e. The van der Waals surface area contributed by atoms with Gasteiger partial charge in [0.25, 0.3) is 0 Å². The summed E-state index contributed by atoms with van der Waals surface area (Å²) >= 11 is 0. The number of hydrogen-bond acceptors (Lipinski definition) is 3. The van der Waals surface area contributed by atoms with E-state index in [9.17, 15) is 9.59 Å². The largest absolute Gasteiger partial charge is 0.338 e. The zero-order valence-corrected chi connectivity index (χ0v) is 13.2. The number of rotatable bonds is 6. The Morgan fingerprint density at radius 1 is 1.38 bits per heavy atom. The minimum atomic E-state index is -0.261. The number of benzene rings is 1. The molecule has 0 unspecified atom stereocenters. The SMILES string of the molecule is O=C(NCCCn1ccnc1)Nc1cccc(N2CCNC2=O)c1. The van der Waals surface area contributed by atoms with E-state index in [0.717, 1.165) is 18.7 Å². The van der Waals surface area contributed by atoms with E-state index >= 15 is 0 Å². The number of amides is 4. The van der Waals surface area contributed by atoms with Crippen molar-refractivity contribution in [3.8, 4) is 0 Å². The van der Waals surface area contributed by atoms with Gasteiger partial charge in [-0.3, -0.25) is 4.90 Å². The molecule has 0 atom stereocenters. The average molecular weight is 328 g/mol. The van der Waals surface area contributed by atoms with E-state index in [1.807, 2.05) is 22.9 Å². The van der Waals surface area contributed by atoms with E-state index in [4.69, 9.17) is 0 Å².